The molecule has 0 aliphatic carbocycles. The molecule has 2 aromatic carbocycles. The molecule has 116 valence electrons. The first-order valence-electron chi connectivity index (χ1n) is 7.40. The lowest BCUT2D eigenvalue weighted by Gasteiger charge is -2.07. The van der Waals surface area contributed by atoms with E-state index in [1.807, 2.05) is 6.07 Å². The zero-order valence-corrected chi connectivity index (χ0v) is 15.5. The summed E-state index contributed by atoms with van der Waals surface area (Å²) < 4.78 is 1.10. The predicted molar refractivity (Wildman–Crippen MR) is 101 cm³/mol. The van der Waals surface area contributed by atoms with Crippen LogP contribution in [0.15, 0.2) is 64.1 Å². The molecule has 0 amide bonds. The molecule has 23 heavy (non-hydrogen) atoms. The molecule has 0 atom stereocenters. The van der Waals surface area contributed by atoms with Crippen molar-refractivity contribution in [2.24, 2.45) is 0 Å². The molecule has 0 radical (unpaired) electrons. The largest absolute Gasteiger partial charge is 0.149 e. The summed E-state index contributed by atoms with van der Waals surface area (Å²) in [6, 6.07) is 18.9. The van der Waals surface area contributed by atoms with Gasteiger partial charge in [-0.2, -0.15) is 0 Å². The lowest BCUT2D eigenvalue weighted by molar-refractivity contribution is 0.934. The second-order valence-electron chi connectivity index (χ2n) is 5.49. The number of aryl methyl sites for hydroxylation is 2. The monoisotopic (exact) mass is 384 g/mol. The number of nitrogens with zero attached hydrogens (tertiary/aromatic N) is 2. The minimum Gasteiger partial charge on any atom is -0.149 e. The van der Waals surface area contributed by atoms with Gasteiger partial charge >= 0.3 is 0 Å². The first-order chi connectivity index (χ1) is 11.1. The van der Waals surface area contributed by atoms with Gasteiger partial charge in [0.05, 0.1) is 5.69 Å². The first kappa shape index (κ1) is 16.2. The Morgan fingerprint density at radius 1 is 0.913 bits per heavy atom. The minimum absolute atomic E-state index is 0.894. The predicted octanol–water partition coefficient (Wildman–Crippen LogP) is 5.82. The van der Waals surface area contributed by atoms with Crippen molar-refractivity contribution < 1.29 is 0 Å². The highest BCUT2D eigenvalue weighted by atomic mass is 79.9. The maximum absolute atomic E-state index is 4.40. The van der Waals surface area contributed by atoms with Gasteiger partial charge in [-0.05, 0) is 55.3 Å². The van der Waals surface area contributed by atoms with Gasteiger partial charge < -0.3 is 0 Å². The Bertz CT molecular complexity index is 799. The Morgan fingerprint density at radius 2 is 1.70 bits per heavy atom. The summed E-state index contributed by atoms with van der Waals surface area (Å²) in [5.74, 6) is 0.894. The Morgan fingerprint density at radius 3 is 2.39 bits per heavy atom. The SMILES string of the molecule is Cc1ccc(C)c(-c2ccc(SCc3ccc(Br)cc3)nn2)c1. The molecule has 1 aromatic heterocycles. The summed E-state index contributed by atoms with van der Waals surface area (Å²) in [5, 5.41) is 9.71. The average Bonchev–Trinajstić information content (AvgIpc) is 2.57. The molecule has 0 aliphatic heterocycles. The first-order valence-corrected chi connectivity index (χ1v) is 9.18. The molecular weight excluding hydrogens is 368 g/mol. The third-order valence-corrected chi connectivity index (χ3v) is 5.13. The Labute approximate surface area is 149 Å². The fourth-order valence-electron chi connectivity index (χ4n) is 2.29. The van der Waals surface area contributed by atoms with E-state index in [-0.39, 0.29) is 0 Å². The van der Waals surface area contributed by atoms with Crippen LogP contribution in [0.4, 0.5) is 0 Å². The Hall–Kier alpha value is -1.65. The molecule has 0 aliphatic rings. The van der Waals surface area contributed by atoms with E-state index in [2.05, 4.69) is 88.5 Å². The van der Waals surface area contributed by atoms with Crippen LogP contribution in [0.2, 0.25) is 0 Å². The van der Waals surface area contributed by atoms with Gasteiger partial charge in [-0.25, -0.2) is 0 Å². The maximum atomic E-state index is 4.40. The fourth-order valence-corrected chi connectivity index (χ4v) is 3.32. The van der Waals surface area contributed by atoms with Crippen molar-refractivity contribution in [3.63, 3.8) is 0 Å². The number of rotatable bonds is 4. The molecule has 0 N–H and O–H groups in total. The van der Waals surface area contributed by atoms with E-state index < -0.39 is 0 Å². The molecule has 0 saturated heterocycles. The number of hydrogen-bond donors (Lipinski definition) is 0. The van der Waals surface area contributed by atoms with Crippen LogP contribution in [0.3, 0.4) is 0 Å². The van der Waals surface area contributed by atoms with E-state index in [1.54, 1.807) is 11.8 Å². The summed E-state index contributed by atoms with van der Waals surface area (Å²) >= 11 is 5.15. The molecule has 0 spiro atoms. The van der Waals surface area contributed by atoms with Gasteiger partial charge in [0.15, 0.2) is 0 Å². The van der Waals surface area contributed by atoms with Crippen LogP contribution in [0, 0.1) is 13.8 Å². The van der Waals surface area contributed by atoms with Crippen molar-refractivity contribution in [2.75, 3.05) is 0 Å². The zero-order chi connectivity index (χ0) is 16.2. The molecule has 0 saturated carbocycles. The molecule has 0 bridgehead atoms. The van der Waals surface area contributed by atoms with Crippen molar-refractivity contribution in [1.29, 1.82) is 0 Å². The van der Waals surface area contributed by atoms with Crippen LogP contribution in [0.5, 0.6) is 0 Å². The van der Waals surface area contributed by atoms with Crippen LogP contribution in [0.1, 0.15) is 16.7 Å². The van der Waals surface area contributed by atoms with Gasteiger partial charge in [0, 0.05) is 15.8 Å². The van der Waals surface area contributed by atoms with Crippen LogP contribution in [0.25, 0.3) is 11.3 Å². The normalized spacial score (nSPS) is 10.7. The summed E-state index contributed by atoms with van der Waals surface area (Å²) in [5.41, 5.74) is 5.82. The third-order valence-electron chi connectivity index (χ3n) is 3.61. The second-order valence-corrected chi connectivity index (χ2v) is 7.40. The lowest BCUT2D eigenvalue weighted by Crippen LogP contribution is -1.92. The van der Waals surface area contributed by atoms with Gasteiger partial charge in [0.2, 0.25) is 0 Å². The molecule has 0 unspecified atom stereocenters. The van der Waals surface area contributed by atoms with Crippen LogP contribution < -0.4 is 0 Å². The second kappa shape index (κ2) is 7.28. The van der Waals surface area contributed by atoms with Crippen molar-refractivity contribution in [2.45, 2.75) is 24.6 Å². The number of thioether (sulfide) groups is 1. The summed E-state index contributed by atoms with van der Waals surface area (Å²) in [6.07, 6.45) is 0. The van der Waals surface area contributed by atoms with Gasteiger partial charge in [-0.1, -0.05) is 57.5 Å². The molecule has 0 fully saturated rings. The van der Waals surface area contributed by atoms with Gasteiger partial charge in [-0.3, -0.25) is 0 Å². The van der Waals surface area contributed by atoms with E-state index in [0.717, 1.165) is 26.5 Å². The van der Waals surface area contributed by atoms with E-state index in [1.165, 1.54) is 16.7 Å². The molecular formula is C19H17BrN2S. The van der Waals surface area contributed by atoms with Gasteiger partial charge in [0.1, 0.15) is 5.03 Å². The number of halogens is 1. The molecule has 1 heterocycles. The van der Waals surface area contributed by atoms with Crippen molar-refractivity contribution >= 4 is 27.7 Å². The van der Waals surface area contributed by atoms with Gasteiger partial charge in [-0.15, -0.1) is 10.2 Å². The highest BCUT2D eigenvalue weighted by Gasteiger charge is 2.05. The highest BCUT2D eigenvalue weighted by molar-refractivity contribution is 9.10. The zero-order valence-electron chi connectivity index (χ0n) is 13.1. The van der Waals surface area contributed by atoms with Crippen molar-refractivity contribution in [3.8, 4) is 11.3 Å². The topological polar surface area (TPSA) is 25.8 Å². The van der Waals surface area contributed by atoms with Crippen molar-refractivity contribution in [1.82, 2.24) is 10.2 Å². The standard InChI is InChI=1S/C19H17BrN2S/c1-13-3-4-14(2)17(11-13)18-9-10-19(22-21-18)23-12-15-5-7-16(20)8-6-15/h3-11H,12H2,1-2H3. The van der Waals surface area contributed by atoms with E-state index >= 15 is 0 Å². The van der Waals surface area contributed by atoms with Crippen LogP contribution in [-0.4, -0.2) is 10.2 Å². The number of benzene rings is 2. The lowest BCUT2D eigenvalue weighted by atomic mass is 10.0. The van der Waals surface area contributed by atoms with E-state index in [9.17, 15) is 0 Å². The smallest absolute Gasteiger partial charge is 0.119 e. The number of aromatic nitrogens is 2. The van der Waals surface area contributed by atoms with Crippen molar-refractivity contribution in [3.05, 3.63) is 75.8 Å². The summed E-state index contributed by atoms with van der Waals surface area (Å²) in [4.78, 5) is 0. The third kappa shape index (κ3) is 4.21. The molecule has 3 rings (SSSR count). The summed E-state index contributed by atoms with van der Waals surface area (Å²) in [6.45, 7) is 4.20. The number of hydrogen-bond acceptors (Lipinski definition) is 3. The van der Waals surface area contributed by atoms with Gasteiger partial charge in [0.25, 0.3) is 0 Å². The molecule has 2 nitrogen and oxygen atoms in total. The molecule has 3 aromatic rings. The Kier molecular flexibility index (Phi) is 5.13. The fraction of sp³-hybridized carbons (Fsp3) is 0.158. The quantitative estimate of drug-likeness (QED) is 0.530. The van der Waals surface area contributed by atoms with E-state index in [0.29, 0.717) is 0 Å². The minimum atomic E-state index is 0.894. The maximum Gasteiger partial charge on any atom is 0.119 e. The highest BCUT2D eigenvalue weighted by Crippen LogP contribution is 2.25. The summed E-state index contributed by atoms with van der Waals surface area (Å²) in [7, 11) is 0. The average molecular weight is 385 g/mol. The van der Waals surface area contributed by atoms with Crippen LogP contribution >= 0.6 is 27.7 Å². The van der Waals surface area contributed by atoms with Crippen LogP contribution in [-0.2, 0) is 5.75 Å². The van der Waals surface area contributed by atoms with E-state index in [4.69, 9.17) is 0 Å². The Balaban J connectivity index is 1.72. The molecule has 4 heteroatoms.